The van der Waals surface area contributed by atoms with Crippen LogP contribution in [0.2, 0.25) is 0 Å². The summed E-state index contributed by atoms with van der Waals surface area (Å²) in [6.07, 6.45) is 15.1. The van der Waals surface area contributed by atoms with E-state index in [1.165, 1.54) is 49.8 Å². The summed E-state index contributed by atoms with van der Waals surface area (Å²) in [6, 6.07) is 11.1. The van der Waals surface area contributed by atoms with Crippen LogP contribution in [-0.4, -0.2) is 22.1 Å². The third-order valence-corrected chi connectivity index (χ3v) is 7.48. The molecule has 1 saturated carbocycles. The quantitative estimate of drug-likeness (QED) is 0.630. The zero-order valence-electron chi connectivity index (χ0n) is 16.2. The smallest absolute Gasteiger partial charge is 0.180 e. The predicted octanol–water partition coefficient (Wildman–Crippen LogP) is 5.28. The maximum absolute atomic E-state index is 12.2. The minimum atomic E-state index is -0.189. The van der Waals surface area contributed by atoms with E-state index in [1.54, 1.807) is 11.6 Å². The molecule has 28 heavy (non-hydrogen) atoms. The molecule has 3 aliphatic carbocycles. The first kappa shape index (κ1) is 16.5. The molecule has 2 heterocycles. The minimum Gasteiger partial charge on any atom is -0.318 e. The van der Waals surface area contributed by atoms with Gasteiger partial charge in [-0.05, 0) is 68.2 Å². The van der Waals surface area contributed by atoms with Gasteiger partial charge in [0, 0.05) is 23.6 Å². The second kappa shape index (κ2) is 6.04. The topological polar surface area (TPSA) is 32.7 Å². The number of hydrogen-bond donors (Lipinski definition) is 0. The number of nitrogens with zero attached hydrogens (tertiary/aromatic N) is 2. The first-order valence-corrected chi connectivity index (χ1v) is 10.9. The molecule has 6 rings (SSSR count). The maximum atomic E-state index is 12.2. The molecule has 142 valence electrons. The van der Waals surface area contributed by atoms with Crippen molar-refractivity contribution in [1.29, 1.82) is 0 Å². The molecular weight excluding hydrogens is 344 g/mol. The third kappa shape index (κ3) is 2.16. The lowest BCUT2D eigenvalue weighted by molar-refractivity contribution is -0.110. The molecule has 3 atom stereocenters. The Bertz CT molecular complexity index is 968. The maximum Gasteiger partial charge on any atom is 0.180 e. The molecule has 1 spiro atoms. The Morgan fingerprint density at radius 1 is 1.00 bits per heavy atom. The van der Waals surface area contributed by atoms with Gasteiger partial charge in [-0.2, -0.15) is 0 Å². The molecule has 0 saturated heterocycles. The van der Waals surface area contributed by atoms with E-state index < -0.39 is 0 Å². The average molecular weight is 370 g/mol. The van der Waals surface area contributed by atoms with Gasteiger partial charge in [0.2, 0.25) is 0 Å². The van der Waals surface area contributed by atoms with Crippen LogP contribution in [-0.2, 0) is 4.79 Å². The number of carbonyl (C=O) groups is 1. The van der Waals surface area contributed by atoms with Gasteiger partial charge in [-0.1, -0.05) is 36.8 Å². The standard InChI is InChI=1S/C25H26N2O/c28-18-13-14-21-23(16-18)27-22-12-5-4-10-19(22)24(17-8-2-1-3-9-17)20-11-6-7-15-25(20,27)26-21/h1-3,8-9,13-14,16,20,24H,4-7,10-12,15H2/t20?,24?,25-/m0/s1. The molecule has 0 N–H and O–H groups in total. The van der Waals surface area contributed by atoms with Crippen LogP contribution in [0.15, 0.2) is 70.5 Å². The summed E-state index contributed by atoms with van der Waals surface area (Å²) < 4.78 is 0. The van der Waals surface area contributed by atoms with E-state index in [9.17, 15) is 4.79 Å². The number of fused-ring (bicyclic) bond motifs is 3. The highest BCUT2D eigenvalue weighted by molar-refractivity contribution is 6.20. The van der Waals surface area contributed by atoms with Crippen molar-refractivity contribution in [3.05, 3.63) is 71.1 Å². The van der Waals surface area contributed by atoms with Crippen LogP contribution in [0, 0.1) is 5.92 Å². The number of hydrogen-bond acceptors (Lipinski definition) is 3. The first-order chi connectivity index (χ1) is 13.8. The highest BCUT2D eigenvalue weighted by Gasteiger charge is 2.58. The third-order valence-electron chi connectivity index (χ3n) is 7.48. The van der Waals surface area contributed by atoms with Crippen LogP contribution in [0.5, 0.6) is 0 Å². The summed E-state index contributed by atoms with van der Waals surface area (Å²) in [7, 11) is 0. The Labute approximate surface area is 166 Å². The number of allylic oxidation sites excluding steroid dienone is 5. The van der Waals surface area contributed by atoms with Gasteiger partial charge in [0.15, 0.2) is 5.78 Å². The summed E-state index contributed by atoms with van der Waals surface area (Å²) in [5, 5.41) is 0. The number of benzene rings is 1. The number of carbonyl (C=O) groups excluding carboxylic acids is 1. The fraction of sp³-hybridized carbons (Fsp3) is 0.440. The zero-order valence-corrected chi connectivity index (χ0v) is 16.2. The SMILES string of the molecule is O=C1C=CC2=N[C@]34CCCCC3C(c3ccccc3)C3=C(CCCC3)N4C2=C1. The molecule has 3 nitrogen and oxygen atoms in total. The van der Waals surface area contributed by atoms with Crippen molar-refractivity contribution >= 4 is 11.5 Å². The fourth-order valence-corrected chi connectivity index (χ4v) is 6.48. The molecule has 1 aromatic carbocycles. The van der Waals surface area contributed by atoms with Crippen molar-refractivity contribution in [3.8, 4) is 0 Å². The number of aliphatic imine (C=N–C) groups is 1. The fourth-order valence-electron chi connectivity index (χ4n) is 6.48. The van der Waals surface area contributed by atoms with Crippen molar-refractivity contribution in [2.75, 3.05) is 0 Å². The molecule has 3 heteroatoms. The Balaban J connectivity index is 1.61. The molecule has 2 aliphatic heterocycles. The van der Waals surface area contributed by atoms with E-state index in [0.29, 0.717) is 11.8 Å². The van der Waals surface area contributed by atoms with E-state index in [4.69, 9.17) is 4.99 Å². The van der Waals surface area contributed by atoms with E-state index in [0.717, 1.165) is 24.3 Å². The summed E-state index contributed by atoms with van der Waals surface area (Å²) in [4.78, 5) is 20.2. The summed E-state index contributed by atoms with van der Waals surface area (Å²) in [5.41, 5.74) is 6.47. The Hall–Kier alpha value is -2.42. The van der Waals surface area contributed by atoms with Crippen molar-refractivity contribution < 1.29 is 4.79 Å². The highest BCUT2D eigenvalue weighted by Crippen LogP contribution is 2.60. The summed E-state index contributed by atoms with van der Waals surface area (Å²) >= 11 is 0. The number of ketones is 1. The van der Waals surface area contributed by atoms with Crippen LogP contribution >= 0.6 is 0 Å². The lowest BCUT2D eigenvalue weighted by atomic mass is 9.62. The van der Waals surface area contributed by atoms with E-state index in [1.807, 2.05) is 12.2 Å². The predicted molar refractivity (Wildman–Crippen MR) is 111 cm³/mol. The summed E-state index contributed by atoms with van der Waals surface area (Å²) in [5.74, 6) is 1.06. The largest absolute Gasteiger partial charge is 0.318 e. The van der Waals surface area contributed by atoms with Gasteiger partial charge in [0.1, 0.15) is 5.66 Å². The Morgan fingerprint density at radius 2 is 1.86 bits per heavy atom. The molecule has 0 aromatic heterocycles. The lowest BCUT2D eigenvalue weighted by Gasteiger charge is -2.56. The first-order valence-electron chi connectivity index (χ1n) is 10.9. The van der Waals surface area contributed by atoms with Crippen LogP contribution in [0.4, 0.5) is 0 Å². The zero-order chi connectivity index (χ0) is 18.7. The molecule has 0 radical (unpaired) electrons. The van der Waals surface area contributed by atoms with Gasteiger partial charge in [0.25, 0.3) is 0 Å². The Morgan fingerprint density at radius 3 is 2.75 bits per heavy atom. The highest BCUT2D eigenvalue weighted by atomic mass is 16.1. The molecular formula is C25H26N2O. The minimum absolute atomic E-state index is 0.0986. The normalized spacial score (nSPS) is 33.6. The van der Waals surface area contributed by atoms with Crippen LogP contribution in [0.25, 0.3) is 0 Å². The molecule has 0 bridgehead atoms. The van der Waals surface area contributed by atoms with Crippen LogP contribution in [0.3, 0.4) is 0 Å². The van der Waals surface area contributed by atoms with E-state index >= 15 is 0 Å². The molecule has 0 amide bonds. The second-order valence-electron chi connectivity index (χ2n) is 8.90. The van der Waals surface area contributed by atoms with E-state index in [-0.39, 0.29) is 11.4 Å². The summed E-state index contributed by atoms with van der Waals surface area (Å²) in [6.45, 7) is 0. The molecule has 5 aliphatic rings. The average Bonchev–Trinajstić information content (AvgIpc) is 3.06. The molecule has 1 aromatic rings. The van der Waals surface area contributed by atoms with Crippen LogP contribution < -0.4 is 0 Å². The van der Waals surface area contributed by atoms with Crippen molar-refractivity contribution in [2.45, 2.75) is 62.9 Å². The van der Waals surface area contributed by atoms with Crippen molar-refractivity contribution in [3.63, 3.8) is 0 Å². The Kier molecular flexibility index (Phi) is 3.56. The van der Waals surface area contributed by atoms with Crippen LogP contribution in [0.1, 0.15) is 62.8 Å². The van der Waals surface area contributed by atoms with Gasteiger partial charge in [-0.15, -0.1) is 0 Å². The van der Waals surface area contributed by atoms with Gasteiger partial charge >= 0.3 is 0 Å². The van der Waals surface area contributed by atoms with Gasteiger partial charge < -0.3 is 4.90 Å². The van der Waals surface area contributed by atoms with Gasteiger partial charge in [-0.3, -0.25) is 9.79 Å². The molecule has 1 fully saturated rings. The van der Waals surface area contributed by atoms with E-state index in [2.05, 4.69) is 35.2 Å². The van der Waals surface area contributed by atoms with Gasteiger partial charge in [-0.25, -0.2) is 0 Å². The van der Waals surface area contributed by atoms with Gasteiger partial charge in [0.05, 0.1) is 11.4 Å². The van der Waals surface area contributed by atoms with Crippen molar-refractivity contribution in [1.82, 2.24) is 4.90 Å². The lowest BCUT2D eigenvalue weighted by Crippen LogP contribution is -2.56. The van der Waals surface area contributed by atoms with Crippen molar-refractivity contribution in [2.24, 2.45) is 10.9 Å². The number of rotatable bonds is 1. The second-order valence-corrected chi connectivity index (χ2v) is 8.90. The molecule has 2 unspecified atom stereocenters. The monoisotopic (exact) mass is 370 g/mol.